The first-order valence-electron chi connectivity index (χ1n) is 10.3. The van der Waals surface area contributed by atoms with Gasteiger partial charge in [0.15, 0.2) is 0 Å². The molecule has 3 amide bonds. The third kappa shape index (κ3) is 3.42. The van der Waals surface area contributed by atoms with E-state index in [2.05, 4.69) is 29.2 Å². The van der Waals surface area contributed by atoms with Crippen molar-refractivity contribution in [1.29, 1.82) is 0 Å². The normalized spacial score (nSPS) is 13.0. The highest BCUT2D eigenvalue weighted by Crippen LogP contribution is 2.31. The summed E-state index contributed by atoms with van der Waals surface area (Å²) in [4.78, 5) is 45.5. The minimum absolute atomic E-state index is 0.236. The number of carbonyl (C=O) groups is 3. The number of anilines is 1. The average molecular weight is 416 g/mol. The summed E-state index contributed by atoms with van der Waals surface area (Å²) in [5.74, 6) is -1.64. The molecule has 0 unspecified atom stereocenters. The van der Waals surface area contributed by atoms with E-state index in [1.165, 1.54) is 0 Å². The van der Waals surface area contributed by atoms with E-state index in [1.54, 1.807) is 19.1 Å². The van der Waals surface area contributed by atoms with Gasteiger partial charge in [-0.2, -0.15) is 5.01 Å². The molecule has 0 spiro atoms. The van der Waals surface area contributed by atoms with E-state index in [0.29, 0.717) is 22.2 Å². The number of aromatic nitrogens is 1. The van der Waals surface area contributed by atoms with Crippen LogP contribution in [-0.4, -0.2) is 40.8 Å². The zero-order valence-corrected chi connectivity index (χ0v) is 18.0. The maximum absolute atomic E-state index is 13.1. The molecular weight excluding hydrogens is 392 g/mol. The first kappa shape index (κ1) is 20.5. The van der Waals surface area contributed by atoms with Gasteiger partial charge in [0.2, 0.25) is 0 Å². The van der Waals surface area contributed by atoms with Gasteiger partial charge in [0.05, 0.1) is 22.3 Å². The number of nitrogens with one attached hydrogen (secondary N) is 1. The summed E-state index contributed by atoms with van der Waals surface area (Å²) in [7, 11) is 0. The van der Waals surface area contributed by atoms with Crippen molar-refractivity contribution in [3.63, 3.8) is 0 Å². The summed E-state index contributed by atoms with van der Waals surface area (Å²) >= 11 is 0. The second-order valence-corrected chi connectivity index (χ2v) is 7.57. The predicted octanol–water partition coefficient (Wildman–Crippen LogP) is 3.64. The number of hydrogen-bond acceptors (Lipinski definition) is 5. The number of nitrogens with zero attached hydrogens (tertiary/aromatic N) is 3. The Bertz CT molecular complexity index is 1210. The number of hydrazine groups is 1. The lowest BCUT2D eigenvalue weighted by Crippen LogP contribution is -2.45. The summed E-state index contributed by atoms with van der Waals surface area (Å²) in [5, 5.41) is 1.40. The van der Waals surface area contributed by atoms with Crippen molar-refractivity contribution in [2.45, 2.75) is 27.7 Å². The molecule has 2 heterocycles. The lowest BCUT2D eigenvalue weighted by Gasteiger charge is -2.21. The van der Waals surface area contributed by atoms with Crippen molar-refractivity contribution in [1.82, 2.24) is 15.4 Å². The Morgan fingerprint density at radius 3 is 2.26 bits per heavy atom. The van der Waals surface area contributed by atoms with Gasteiger partial charge < -0.3 is 4.90 Å². The van der Waals surface area contributed by atoms with Crippen LogP contribution in [0.15, 0.2) is 42.5 Å². The zero-order chi connectivity index (χ0) is 22.3. The lowest BCUT2D eigenvalue weighted by molar-refractivity contribution is 0.0518. The largest absolute Gasteiger partial charge is 0.372 e. The smallest absolute Gasteiger partial charge is 0.282 e. The number of pyridine rings is 1. The van der Waals surface area contributed by atoms with Gasteiger partial charge >= 0.3 is 0 Å². The third-order valence-corrected chi connectivity index (χ3v) is 5.63. The molecule has 0 saturated carbocycles. The number of amides is 3. The minimum Gasteiger partial charge on any atom is -0.372 e. The Balaban J connectivity index is 1.64. The highest BCUT2D eigenvalue weighted by Gasteiger charge is 2.40. The molecule has 0 bridgehead atoms. The Hall–Kier alpha value is -3.74. The first-order valence-corrected chi connectivity index (χ1v) is 10.3. The molecule has 3 aromatic rings. The molecule has 1 aromatic heterocycles. The molecular formula is C24H24N4O3. The van der Waals surface area contributed by atoms with E-state index in [0.717, 1.165) is 29.3 Å². The summed E-state index contributed by atoms with van der Waals surface area (Å²) in [6.07, 6.45) is 0. The van der Waals surface area contributed by atoms with E-state index < -0.39 is 17.7 Å². The van der Waals surface area contributed by atoms with Crippen LogP contribution in [0.5, 0.6) is 0 Å². The molecule has 7 heteroatoms. The molecule has 1 aliphatic heterocycles. The molecule has 0 atom stereocenters. The standard InChI is InChI=1S/C24H24N4O3/c1-5-27(6-2)17-10-8-16(9-11-17)22(29)26-28-23(30)20-15(4)25-19-12-7-14(3)13-18(19)21(20)24(28)31/h7-13H,5-6H2,1-4H3,(H,26,29). The maximum Gasteiger partial charge on any atom is 0.282 e. The second-order valence-electron chi connectivity index (χ2n) is 7.57. The summed E-state index contributed by atoms with van der Waals surface area (Å²) in [6.45, 7) is 9.45. The van der Waals surface area contributed by atoms with Crippen LogP contribution in [0, 0.1) is 13.8 Å². The van der Waals surface area contributed by atoms with Gasteiger partial charge in [-0.15, -0.1) is 0 Å². The third-order valence-electron chi connectivity index (χ3n) is 5.63. The van der Waals surface area contributed by atoms with Gasteiger partial charge in [0.25, 0.3) is 17.7 Å². The molecule has 4 rings (SSSR count). The molecule has 158 valence electrons. The summed E-state index contributed by atoms with van der Waals surface area (Å²) in [5.41, 5.74) is 6.43. The topological polar surface area (TPSA) is 82.6 Å². The van der Waals surface area contributed by atoms with Crippen molar-refractivity contribution in [3.8, 4) is 0 Å². The Morgan fingerprint density at radius 1 is 0.968 bits per heavy atom. The molecule has 1 N–H and O–H groups in total. The fourth-order valence-electron chi connectivity index (χ4n) is 3.98. The molecule has 0 aliphatic carbocycles. The van der Waals surface area contributed by atoms with Crippen molar-refractivity contribution in [2.75, 3.05) is 18.0 Å². The molecule has 31 heavy (non-hydrogen) atoms. The van der Waals surface area contributed by atoms with E-state index in [9.17, 15) is 14.4 Å². The van der Waals surface area contributed by atoms with Gasteiger partial charge in [-0.25, -0.2) is 0 Å². The SMILES string of the molecule is CCN(CC)c1ccc(C(=O)NN2C(=O)c3c(C)nc4ccc(C)cc4c3C2=O)cc1. The molecule has 0 fully saturated rings. The monoisotopic (exact) mass is 416 g/mol. The fourth-order valence-corrected chi connectivity index (χ4v) is 3.98. The maximum atomic E-state index is 13.1. The Labute approximate surface area is 180 Å². The molecule has 2 aromatic carbocycles. The van der Waals surface area contributed by atoms with Crippen molar-refractivity contribution < 1.29 is 14.4 Å². The van der Waals surface area contributed by atoms with Crippen LogP contribution in [0.25, 0.3) is 10.9 Å². The van der Waals surface area contributed by atoms with E-state index in [-0.39, 0.29) is 11.1 Å². The Kier molecular flexibility index (Phi) is 5.19. The number of aryl methyl sites for hydroxylation is 2. The van der Waals surface area contributed by atoms with Crippen LogP contribution in [0.1, 0.15) is 56.2 Å². The van der Waals surface area contributed by atoms with Gasteiger partial charge in [-0.3, -0.25) is 24.8 Å². The molecule has 1 aliphatic rings. The Morgan fingerprint density at radius 2 is 1.61 bits per heavy atom. The van der Waals surface area contributed by atoms with Crippen LogP contribution in [0.4, 0.5) is 5.69 Å². The van der Waals surface area contributed by atoms with Gasteiger partial charge in [0, 0.05) is 29.7 Å². The van der Waals surface area contributed by atoms with Gasteiger partial charge in [0.1, 0.15) is 0 Å². The average Bonchev–Trinajstić information content (AvgIpc) is 3.01. The van der Waals surface area contributed by atoms with Crippen molar-refractivity contribution in [2.24, 2.45) is 0 Å². The number of benzene rings is 2. The van der Waals surface area contributed by atoms with Crippen molar-refractivity contribution in [3.05, 3.63) is 70.4 Å². The molecule has 7 nitrogen and oxygen atoms in total. The second kappa shape index (κ2) is 7.83. The number of fused-ring (bicyclic) bond motifs is 3. The van der Waals surface area contributed by atoms with E-state index in [4.69, 9.17) is 0 Å². The number of hydrogen-bond donors (Lipinski definition) is 1. The van der Waals surface area contributed by atoms with Crippen LogP contribution >= 0.6 is 0 Å². The summed E-state index contributed by atoms with van der Waals surface area (Å²) in [6, 6.07) is 12.7. The van der Waals surface area contributed by atoms with Crippen molar-refractivity contribution >= 4 is 34.3 Å². The minimum atomic E-state index is -0.568. The molecule has 0 saturated heterocycles. The fraction of sp³-hybridized carbons (Fsp3) is 0.250. The van der Waals surface area contributed by atoms with Gasteiger partial charge in [-0.05, 0) is 64.1 Å². The number of imide groups is 1. The number of carbonyl (C=O) groups excluding carboxylic acids is 3. The number of rotatable bonds is 5. The first-order chi connectivity index (χ1) is 14.8. The van der Waals surface area contributed by atoms with E-state index in [1.807, 2.05) is 37.3 Å². The van der Waals surface area contributed by atoms with Crippen LogP contribution in [0.3, 0.4) is 0 Å². The van der Waals surface area contributed by atoms with Gasteiger partial charge in [-0.1, -0.05) is 11.6 Å². The van der Waals surface area contributed by atoms with Crippen LogP contribution in [-0.2, 0) is 0 Å². The highest BCUT2D eigenvalue weighted by atomic mass is 16.2. The van der Waals surface area contributed by atoms with Crippen LogP contribution < -0.4 is 10.3 Å². The zero-order valence-electron chi connectivity index (χ0n) is 18.0. The lowest BCUT2D eigenvalue weighted by atomic mass is 10.0. The van der Waals surface area contributed by atoms with E-state index >= 15 is 0 Å². The quantitative estimate of drug-likeness (QED) is 0.642. The highest BCUT2D eigenvalue weighted by molar-refractivity contribution is 6.27. The molecule has 0 radical (unpaired) electrons. The van der Waals surface area contributed by atoms with Crippen LogP contribution in [0.2, 0.25) is 0 Å². The predicted molar refractivity (Wildman–Crippen MR) is 119 cm³/mol. The summed E-state index contributed by atoms with van der Waals surface area (Å²) < 4.78 is 0.